The monoisotopic (exact) mass is 282 g/mol. The summed E-state index contributed by atoms with van der Waals surface area (Å²) in [7, 11) is 0. The van der Waals surface area contributed by atoms with Crippen molar-refractivity contribution in [1.29, 1.82) is 0 Å². The minimum Gasteiger partial charge on any atom is -0.360 e. The smallest absolute Gasteiger partial charge is 0.202 e. The molecule has 0 radical (unpaired) electrons. The van der Waals surface area contributed by atoms with Crippen LogP contribution in [0.4, 0.5) is 5.13 Å². The van der Waals surface area contributed by atoms with Crippen LogP contribution in [0.1, 0.15) is 51.8 Å². The van der Waals surface area contributed by atoms with Crippen molar-refractivity contribution in [2.45, 2.75) is 46.0 Å². The molecule has 0 atom stereocenters. The molecule has 2 heterocycles. The van der Waals surface area contributed by atoms with Crippen LogP contribution in [-0.4, -0.2) is 40.4 Å². The molecule has 0 amide bonds. The first-order valence-electron chi connectivity index (χ1n) is 7.45. The minimum atomic E-state index is 0.419. The van der Waals surface area contributed by atoms with Crippen molar-refractivity contribution < 1.29 is 0 Å². The molecule has 19 heavy (non-hydrogen) atoms. The van der Waals surface area contributed by atoms with E-state index in [9.17, 15) is 0 Å². The van der Waals surface area contributed by atoms with Crippen molar-refractivity contribution in [3.63, 3.8) is 0 Å². The summed E-state index contributed by atoms with van der Waals surface area (Å²) in [5.41, 5.74) is 0. The zero-order valence-corrected chi connectivity index (χ0v) is 13.2. The third kappa shape index (κ3) is 4.73. The predicted molar refractivity (Wildman–Crippen MR) is 81.9 cm³/mol. The Kier molecular flexibility index (Phi) is 5.58. The summed E-state index contributed by atoms with van der Waals surface area (Å²) in [4.78, 5) is 7.07. The number of piperidine rings is 1. The Morgan fingerprint density at radius 3 is 2.74 bits per heavy atom. The van der Waals surface area contributed by atoms with Crippen LogP contribution in [0.2, 0.25) is 0 Å². The van der Waals surface area contributed by atoms with Gasteiger partial charge in [-0.3, -0.25) is 0 Å². The van der Waals surface area contributed by atoms with E-state index in [-0.39, 0.29) is 0 Å². The molecule has 5 heteroatoms. The molecule has 1 N–H and O–H groups in total. The van der Waals surface area contributed by atoms with Crippen molar-refractivity contribution in [2.75, 3.05) is 31.5 Å². The summed E-state index contributed by atoms with van der Waals surface area (Å²) >= 11 is 1.48. The molecular weight excluding hydrogens is 256 g/mol. The molecule has 0 aliphatic carbocycles. The fourth-order valence-electron chi connectivity index (χ4n) is 2.32. The van der Waals surface area contributed by atoms with E-state index in [2.05, 4.69) is 40.3 Å². The van der Waals surface area contributed by atoms with Crippen LogP contribution in [0.3, 0.4) is 0 Å². The van der Waals surface area contributed by atoms with Crippen molar-refractivity contribution in [1.82, 2.24) is 14.3 Å². The third-order valence-electron chi connectivity index (χ3n) is 3.76. The lowest BCUT2D eigenvalue weighted by atomic mass is 9.99. The van der Waals surface area contributed by atoms with E-state index in [0.717, 1.165) is 23.4 Å². The average molecular weight is 282 g/mol. The first-order valence-corrected chi connectivity index (χ1v) is 8.22. The van der Waals surface area contributed by atoms with Gasteiger partial charge in [0.15, 0.2) is 0 Å². The number of nitrogens with one attached hydrogen (secondary N) is 1. The van der Waals surface area contributed by atoms with E-state index in [4.69, 9.17) is 0 Å². The highest BCUT2D eigenvalue weighted by Gasteiger charge is 2.14. The Hall–Kier alpha value is -0.680. The molecule has 1 aliphatic rings. The van der Waals surface area contributed by atoms with E-state index >= 15 is 0 Å². The van der Waals surface area contributed by atoms with Crippen LogP contribution in [0.5, 0.6) is 0 Å². The second kappa shape index (κ2) is 7.20. The lowest BCUT2D eigenvalue weighted by Crippen LogP contribution is -2.34. The number of anilines is 1. The molecule has 0 spiro atoms. The van der Waals surface area contributed by atoms with Gasteiger partial charge in [0.2, 0.25) is 5.13 Å². The Morgan fingerprint density at radius 2 is 2.11 bits per heavy atom. The van der Waals surface area contributed by atoms with Crippen molar-refractivity contribution in [2.24, 2.45) is 5.92 Å². The zero-order valence-electron chi connectivity index (χ0n) is 12.4. The topological polar surface area (TPSA) is 41.0 Å². The second-order valence-corrected chi connectivity index (χ2v) is 6.67. The van der Waals surface area contributed by atoms with Gasteiger partial charge >= 0.3 is 0 Å². The Morgan fingerprint density at radius 1 is 1.37 bits per heavy atom. The Labute approximate surface area is 120 Å². The molecule has 4 nitrogen and oxygen atoms in total. The molecule has 108 valence electrons. The summed E-state index contributed by atoms with van der Waals surface area (Å²) in [6.45, 7) is 11.4. The van der Waals surface area contributed by atoms with Crippen molar-refractivity contribution in [3.8, 4) is 0 Å². The molecule has 2 rings (SSSR count). The molecule has 0 unspecified atom stereocenters. The van der Waals surface area contributed by atoms with Crippen LogP contribution in [-0.2, 0) is 0 Å². The van der Waals surface area contributed by atoms with Crippen LogP contribution >= 0.6 is 11.5 Å². The molecule has 1 aromatic rings. The predicted octanol–water partition coefficient (Wildman–Crippen LogP) is 3.20. The number of aromatic nitrogens is 2. The van der Waals surface area contributed by atoms with Gasteiger partial charge in [0, 0.05) is 24.0 Å². The molecule has 1 fully saturated rings. The van der Waals surface area contributed by atoms with Gasteiger partial charge in [-0.2, -0.15) is 4.37 Å². The van der Waals surface area contributed by atoms with E-state index in [1.165, 1.54) is 50.4 Å². The average Bonchev–Trinajstić information content (AvgIpc) is 2.86. The summed E-state index contributed by atoms with van der Waals surface area (Å²) in [6.07, 6.45) is 3.91. The number of hydrogen-bond donors (Lipinski definition) is 1. The highest BCUT2D eigenvalue weighted by atomic mass is 32.1. The highest BCUT2D eigenvalue weighted by molar-refractivity contribution is 7.09. The third-order valence-corrected chi connectivity index (χ3v) is 4.45. The first kappa shape index (κ1) is 14.7. The minimum absolute atomic E-state index is 0.419. The number of rotatable bonds is 6. The maximum absolute atomic E-state index is 4.49. The quantitative estimate of drug-likeness (QED) is 0.814. The molecular formula is C14H26N4S. The van der Waals surface area contributed by atoms with Gasteiger partial charge in [0.05, 0.1) is 0 Å². The zero-order chi connectivity index (χ0) is 13.7. The van der Waals surface area contributed by atoms with Gasteiger partial charge in [0.25, 0.3) is 0 Å². The molecule has 1 aromatic heterocycles. The highest BCUT2D eigenvalue weighted by Crippen LogP contribution is 2.18. The molecule has 0 aromatic carbocycles. The van der Waals surface area contributed by atoms with Crippen LogP contribution < -0.4 is 5.32 Å². The van der Waals surface area contributed by atoms with Gasteiger partial charge in [0.1, 0.15) is 5.82 Å². The Bertz CT molecular complexity index is 369. The normalized spacial score (nSPS) is 18.1. The van der Waals surface area contributed by atoms with E-state index in [1.807, 2.05) is 0 Å². The van der Waals surface area contributed by atoms with Gasteiger partial charge in [-0.1, -0.05) is 20.8 Å². The van der Waals surface area contributed by atoms with Gasteiger partial charge < -0.3 is 10.2 Å². The number of nitrogens with zero attached hydrogens (tertiary/aromatic N) is 3. The lowest BCUT2D eigenvalue weighted by molar-refractivity contribution is 0.192. The maximum Gasteiger partial charge on any atom is 0.202 e. The summed E-state index contributed by atoms with van der Waals surface area (Å²) < 4.78 is 4.35. The van der Waals surface area contributed by atoms with Gasteiger partial charge in [-0.05, 0) is 44.8 Å². The lowest BCUT2D eigenvalue weighted by Gasteiger charge is -2.30. The Balaban J connectivity index is 1.61. The van der Waals surface area contributed by atoms with Gasteiger partial charge in [-0.25, -0.2) is 4.98 Å². The number of hydrogen-bond acceptors (Lipinski definition) is 5. The SMILES string of the molecule is CC1CCN(CCCNc2nc(C(C)C)ns2)CC1. The molecule has 1 aliphatic heterocycles. The second-order valence-electron chi connectivity index (χ2n) is 5.92. The molecule has 0 saturated carbocycles. The van der Waals surface area contributed by atoms with E-state index in [0.29, 0.717) is 5.92 Å². The van der Waals surface area contributed by atoms with Crippen LogP contribution in [0.15, 0.2) is 0 Å². The van der Waals surface area contributed by atoms with E-state index < -0.39 is 0 Å². The largest absolute Gasteiger partial charge is 0.360 e. The van der Waals surface area contributed by atoms with Crippen LogP contribution in [0.25, 0.3) is 0 Å². The molecule has 1 saturated heterocycles. The van der Waals surface area contributed by atoms with E-state index in [1.54, 1.807) is 0 Å². The number of likely N-dealkylation sites (tertiary alicyclic amines) is 1. The summed E-state index contributed by atoms with van der Waals surface area (Å²) in [6, 6.07) is 0. The standard InChI is InChI=1S/C14H26N4S/c1-11(2)13-16-14(19-17-13)15-7-4-8-18-9-5-12(3)6-10-18/h11-12H,4-10H2,1-3H3,(H,15,16,17). The fourth-order valence-corrected chi connectivity index (χ4v) is 3.06. The maximum atomic E-state index is 4.49. The van der Waals surface area contributed by atoms with Gasteiger partial charge in [-0.15, -0.1) is 0 Å². The first-order chi connectivity index (χ1) is 9.15. The van der Waals surface area contributed by atoms with Crippen LogP contribution in [0, 0.1) is 5.92 Å². The fraction of sp³-hybridized carbons (Fsp3) is 0.857. The van der Waals surface area contributed by atoms with Crippen molar-refractivity contribution in [3.05, 3.63) is 5.82 Å². The van der Waals surface area contributed by atoms with Crippen molar-refractivity contribution >= 4 is 16.7 Å². The summed E-state index contributed by atoms with van der Waals surface area (Å²) in [5.74, 6) is 2.30. The summed E-state index contributed by atoms with van der Waals surface area (Å²) in [5, 5.41) is 4.36. The molecule has 0 bridgehead atoms.